The quantitative estimate of drug-likeness (QED) is 0.846. The van der Waals surface area contributed by atoms with Crippen LogP contribution in [0.2, 0.25) is 0 Å². The first-order valence-corrected chi connectivity index (χ1v) is 8.19. The monoisotopic (exact) mass is 343 g/mol. The summed E-state index contributed by atoms with van der Waals surface area (Å²) >= 11 is 0. The predicted molar refractivity (Wildman–Crippen MR) is 90.9 cm³/mol. The summed E-state index contributed by atoms with van der Waals surface area (Å²) in [5.74, 6) is 0.114. The Hall–Kier alpha value is -2.74. The Labute approximate surface area is 145 Å². The molecule has 2 aromatic heterocycles. The average Bonchev–Trinajstić information content (AvgIpc) is 3.01. The van der Waals surface area contributed by atoms with E-state index in [0.29, 0.717) is 31.1 Å². The van der Waals surface area contributed by atoms with Crippen molar-refractivity contribution in [3.05, 3.63) is 41.5 Å². The molecule has 2 N–H and O–H groups in total. The number of rotatable bonds is 4. The first-order valence-electron chi connectivity index (χ1n) is 8.19. The minimum atomic E-state index is -0.577. The highest BCUT2D eigenvalue weighted by molar-refractivity contribution is 5.97. The third-order valence-electron chi connectivity index (χ3n) is 4.05. The zero-order chi connectivity index (χ0) is 17.8. The topological polar surface area (TPSA) is 100 Å². The van der Waals surface area contributed by atoms with Gasteiger partial charge in [0.2, 0.25) is 11.8 Å². The van der Waals surface area contributed by atoms with Gasteiger partial charge in [0, 0.05) is 31.4 Å². The Morgan fingerprint density at radius 3 is 2.88 bits per heavy atom. The van der Waals surface area contributed by atoms with E-state index in [-0.39, 0.29) is 18.2 Å². The summed E-state index contributed by atoms with van der Waals surface area (Å²) in [5, 5.41) is 9.77. The van der Waals surface area contributed by atoms with Gasteiger partial charge in [-0.2, -0.15) is 0 Å². The van der Waals surface area contributed by atoms with Gasteiger partial charge in [-0.15, -0.1) is 0 Å². The summed E-state index contributed by atoms with van der Waals surface area (Å²) in [6, 6.07) is 4.77. The molecule has 0 spiro atoms. The number of amides is 2. The maximum atomic E-state index is 12.6. The van der Waals surface area contributed by atoms with Gasteiger partial charge in [-0.05, 0) is 26.0 Å². The molecular weight excluding hydrogens is 322 g/mol. The van der Waals surface area contributed by atoms with Crippen LogP contribution < -0.4 is 10.6 Å². The van der Waals surface area contributed by atoms with Gasteiger partial charge in [0.15, 0.2) is 0 Å². The van der Waals surface area contributed by atoms with Gasteiger partial charge >= 0.3 is 0 Å². The molecule has 132 valence electrons. The zero-order valence-corrected chi connectivity index (χ0v) is 14.3. The second-order valence-corrected chi connectivity index (χ2v) is 6.10. The number of aryl methyl sites for hydroxylation is 2. The molecule has 1 saturated heterocycles. The Morgan fingerprint density at radius 1 is 1.36 bits per heavy atom. The number of piperazine rings is 1. The Balaban J connectivity index is 1.68. The second-order valence-electron chi connectivity index (χ2n) is 6.10. The Kier molecular flexibility index (Phi) is 5.08. The normalized spacial score (nSPS) is 17.4. The van der Waals surface area contributed by atoms with Gasteiger partial charge in [-0.1, -0.05) is 5.16 Å². The molecule has 25 heavy (non-hydrogen) atoms. The van der Waals surface area contributed by atoms with Crippen molar-refractivity contribution in [1.82, 2.24) is 20.4 Å². The minimum absolute atomic E-state index is 0.0940. The molecule has 8 heteroatoms. The summed E-state index contributed by atoms with van der Waals surface area (Å²) in [4.78, 5) is 31.0. The lowest BCUT2D eigenvalue weighted by Gasteiger charge is -2.35. The number of anilines is 1. The van der Waals surface area contributed by atoms with E-state index in [4.69, 9.17) is 4.52 Å². The van der Waals surface area contributed by atoms with Gasteiger partial charge in [-0.25, -0.2) is 0 Å². The molecule has 1 aliphatic rings. The lowest BCUT2D eigenvalue weighted by atomic mass is 10.1. The Morgan fingerprint density at radius 2 is 2.20 bits per heavy atom. The van der Waals surface area contributed by atoms with Crippen molar-refractivity contribution < 1.29 is 14.1 Å². The molecule has 3 heterocycles. The average molecular weight is 343 g/mol. The molecule has 0 aliphatic carbocycles. The van der Waals surface area contributed by atoms with E-state index in [1.807, 2.05) is 13.0 Å². The van der Waals surface area contributed by atoms with Crippen LogP contribution >= 0.6 is 0 Å². The second kappa shape index (κ2) is 7.43. The van der Waals surface area contributed by atoms with Gasteiger partial charge in [-0.3, -0.25) is 14.6 Å². The van der Waals surface area contributed by atoms with Crippen molar-refractivity contribution in [2.24, 2.45) is 0 Å². The van der Waals surface area contributed by atoms with Gasteiger partial charge in [0.1, 0.15) is 11.8 Å². The van der Waals surface area contributed by atoms with Gasteiger partial charge in [0.25, 0.3) is 0 Å². The van der Waals surface area contributed by atoms with E-state index in [1.165, 1.54) is 0 Å². The van der Waals surface area contributed by atoms with Crippen molar-refractivity contribution >= 4 is 17.5 Å². The summed E-state index contributed by atoms with van der Waals surface area (Å²) in [5.41, 5.74) is 2.21. The van der Waals surface area contributed by atoms with Crippen molar-refractivity contribution in [2.75, 3.05) is 25.0 Å². The van der Waals surface area contributed by atoms with E-state index in [0.717, 1.165) is 11.4 Å². The number of carbonyl (C=O) groups excluding carboxylic acids is 2. The molecule has 2 aromatic rings. The summed E-state index contributed by atoms with van der Waals surface area (Å²) in [6.45, 7) is 5.20. The lowest BCUT2D eigenvalue weighted by molar-refractivity contribution is -0.139. The third kappa shape index (κ3) is 4.21. The molecule has 2 amide bonds. The number of nitrogens with one attached hydrogen (secondary N) is 2. The smallest absolute Gasteiger partial charge is 0.248 e. The number of aromatic nitrogens is 2. The summed E-state index contributed by atoms with van der Waals surface area (Å²) < 4.78 is 5.11. The van der Waals surface area contributed by atoms with E-state index < -0.39 is 6.04 Å². The zero-order valence-electron chi connectivity index (χ0n) is 14.3. The minimum Gasteiger partial charge on any atom is -0.361 e. The van der Waals surface area contributed by atoms with Crippen LogP contribution in [0.4, 0.5) is 5.69 Å². The molecule has 8 nitrogen and oxygen atoms in total. The molecule has 0 saturated carbocycles. The first kappa shape index (κ1) is 17.1. The third-order valence-corrected chi connectivity index (χ3v) is 4.05. The van der Waals surface area contributed by atoms with Crippen LogP contribution in [0.3, 0.4) is 0 Å². The molecule has 0 radical (unpaired) electrons. The molecule has 1 fully saturated rings. The standard InChI is InChI=1S/C17H21N5O3/c1-11-3-4-13(9-19-11)20-17(24)15-10-18-5-6-22(15)16(23)8-14-7-12(2)21-25-14/h3-4,7,9,15,18H,5-6,8,10H2,1-2H3,(H,20,24)/t15-/m0/s1. The van der Waals surface area contributed by atoms with Gasteiger partial charge < -0.3 is 20.1 Å². The van der Waals surface area contributed by atoms with Crippen LogP contribution in [0.25, 0.3) is 0 Å². The van der Waals surface area contributed by atoms with Crippen LogP contribution in [0, 0.1) is 13.8 Å². The van der Waals surface area contributed by atoms with Gasteiger partial charge in [0.05, 0.1) is 24.0 Å². The first-order chi connectivity index (χ1) is 12.0. The number of pyridine rings is 1. The van der Waals surface area contributed by atoms with E-state index >= 15 is 0 Å². The highest BCUT2D eigenvalue weighted by atomic mass is 16.5. The van der Waals surface area contributed by atoms with Crippen molar-refractivity contribution in [3.8, 4) is 0 Å². The maximum Gasteiger partial charge on any atom is 0.248 e. The van der Waals surface area contributed by atoms with Crippen LogP contribution in [-0.2, 0) is 16.0 Å². The van der Waals surface area contributed by atoms with E-state index in [2.05, 4.69) is 20.8 Å². The fraction of sp³-hybridized carbons (Fsp3) is 0.412. The van der Waals surface area contributed by atoms with Crippen LogP contribution in [0.15, 0.2) is 28.9 Å². The molecule has 0 unspecified atom stereocenters. The van der Waals surface area contributed by atoms with Crippen molar-refractivity contribution in [2.45, 2.75) is 26.3 Å². The van der Waals surface area contributed by atoms with Crippen LogP contribution in [-0.4, -0.2) is 52.5 Å². The molecule has 3 rings (SSSR count). The summed E-state index contributed by atoms with van der Waals surface area (Å²) in [6.07, 6.45) is 1.70. The number of hydrogen-bond acceptors (Lipinski definition) is 6. The summed E-state index contributed by atoms with van der Waals surface area (Å²) in [7, 11) is 0. The highest BCUT2D eigenvalue weighted by Crippen LogP contribution is 2.13. The Bertz CT molecular complexity index is 756. The molecule has 0 aromatic carbocycles. The molecule has 1 atom stereocenters. The SMILES string of the molecule is Cc1ccc(NC(=O)[C@@H]2CNCCN2C(=O)Cc2cc(C)no2)cn1. The van der Waals surface area contributed by atoms with Crippen LogP contribution in [0.5, 0.6) is 0 Å². The van der Waals surface area contributed by atoms with E-state index in [1.54, 1.807) is 30.2 Å². The number of carbonyl (C=O) groups is 2. The number of nitrogens with zero attached hydrogens (tertiary/aromatic N) is 3. The fourth-order valence-corrected chi connectivity index (χ4v) is 2.75. The lowest BCUT2D eigenvalue weighted by Crippen LogP contribution is -2.58. The molecule has 0 bridgehead atoms. The maximum absolute atomic E-state index is 12.6. The molecule has 1 aliphatic heterocycles. The predicted octanol–water partition coefficient (Wildman–Crippen LogP) is 0.668. The highest BCUT2D eigenvalue weighted by Gasteiger charge is 2.32. The van der Waals surface area contributed by atoms with E-state index in [9.17, 15) is 9.59 Å². The van der Waals surface area contributed by atoms with Crippen molar-refractivity contribution in [3.63, 3.8) is 0 Å². The van der Waals surface area contributed by atoms with Crippen LogP contribution in [0.1, 0.15) is 17.1 Å². The van der Waals surface area contributed by atoms with Crippen molar-refractivity contribution in [1.29, 1.82) is 0 Å². The number of hydrogen-bond donors (Lipinski definition) is 2. The largest absolute Gasteiger partial charge is 0.361 e. The fourth-order valence-electron chi connectivity index (χ4n) is 2.75. The molecular formula is C17H21N5O3.